The maximum absolute atomic E-state index is 6.11. The van der Waals surface area contributed by atoms with Crippen LogP contribution in [-0.4, -0.2) is 17.3 Å². The van der Waals surface area contributed by atoms with Crippen molar-refractivity contribution in [2.75, 3.05) is 12.4 Å². The molecule has 0 saturated heterocycles. The molecule has 0 N–H and O–H groups in total. The lowest BCUT2D eigenvalue weighted by atomic mass is 9.83. The van der Waals surface area contributed by atoms with Gasteiger partial charge < -0.3 is 4.74 Å². The van der Waals surface area contributed by atoms with E-state index in [-0.39, 0.29) is 5.41 Å². The summed E-state index contributed by atoms with van der Waals surface area (Å²) in [6.45, 7) is 0.773. The maximum Gasteiger partial charge on any atom is 0.121 e. The van der Waals surface area contributed by atoms with Crippen molar-refractivity contribution in [2.24, 2.45) is 5.41 Å². The van der Waals surface area contributed by atoms with Crippen molar-refractivity contribution in [3.8, 4) is 5.75 Å². The van der Waals surface area contributed by atoms with Crippen LogP contribution >= 0.6 is 12.6 Å². The molecular formula is C18H23NOS. The highest BCUT2D eigenvalue weighted by molar-refractivity contribution is 7.80. The number of thiol groups is 1. The van der Waals surface area contributed by atoms with Crippen LogP contribution in [0.2, 0.25) is 0 Å². The molecule has 1 aromatic heterocycles. The Morgan fingerprint density at radius 2 is 1.90 bits per heavy atom. The lowest BCUT2D eigenvalue weighted by molar-refractivity contribution is 0.148. The molecule has 112 valence electrons. The van der Waals surface area contributed by atoms with Gasteiger partial charge in [0, 0.05) is 23.1 Å². The van der Waals surface area contributed by atoms with E-state index in [2.05, 4.69) is 29.7 Å². The van der Waals surface area contributed by atoms with E-state index in [0.29, 0.717) is 0 Å². The third-order valence-electron chi connectivity index (χ3n) is 4.62. The van der Waals surface area contributed by atoms with Crippen molar-refractivity contribution in [3.05, 3.63) is 36.5 Å². The number of fused-ring (bicyclic) bond motifs is 1. The fraction of sp³-hybridized carbons (Fsp3) is 0.500. The third kappa shape index (κ3) is 3.52. The van der Waals surface area contributed by atoms with Gasteiger partial charge in [-0.3, -0.25) is 4.98 Å². The number of nitrogens with zero attached hydrogens (tertiary/aromatic N) is 1. The second-order valence-electron chi connectivity index (χ2n) is 6.22. The molecular weight excluding hydrogens is 278 g/mol. The van der Waals surface area contributed by atoms with Crippen LogP contribution < -0.4 is 4.74 Å². The highest BCUT2D eigenvalue weighted by atomic mass is 32.1. The van der Waals surface area contributed by atoms with E-state index in [1.165, 1.54) is 38.5 Å². The molecule has 1 aliphatic rings. The largest absolute Gasteiger partial charge is 0.493 e. The first-order chi connectivity index (χ1) is 10.3. The molecule has 2 nitrogen and oxygen atoms in total. The van der Waals surface area contributed by atoms with Crippen LogP contribution in [0.1, 0.15) is 38.5 Å². The molecule has 21 heavy (non-hydrogen) atoms. The minimum atomic E-state index is 0.249. The Morgan fingerprint density at radius 1 is 1.10 bits per heavy atom. The number of aromatic nitrogens is 1. The smallest absolute Gasteiger partial charge is 0.121 e. The molecule has 0 aliphatic heterocycles. The Balaban J connectivity index is 1.72. The van der Waals surface area contributed by atoms with Gasteiger partial charge in [0.2, 0.25) is 0 Å². The minimum absolute atomic E-state index is 0.249. The summed E-state index contributed by atoms with van der Waals surface area (Å²) in [6.07, 6.45) is 9.63. The quantitative estimate of drug-likeness (QED) is 0.642. The van der Waals surface area contributed by atoms with Gasteiger partial charge in [-0.05, 0) is 36.8 Å². The molecule has 0 unspecified atom stereocenters. The maximum atomic E-state index is 6.11. The molecule has 1 fully saturated rings. The van der Waals surface area contributed by atoms with Gasteiger partial charge in [-0.25, -0.2) is 0 Å². The normalized spacial score (nSPS) is 18.3. The summed E-state index contributed by atoms with van der Waals surface area (Å²) < 4.78 is 6.11. The second kappa shape index (κ2) is 6.69. The van der Waals surface area contributed by atoms with E-state index in [1.54, 1.807) is 0 Å². The van der Waals surface area contributed by atoms with Crippen LogP contribution in [0.4, 0.5) is 0 Å². The summed E-state index contributed by atoms with van der Waals surface area (Å²) >= 11 is 4.61. The molecule has 2 aromatic rings. The van der Waals surface area contributed by atoms with Gasteiger partial charge in [0.15, 0.2) is 0 Å². The first-order valence-electron chi connectivity index (χ1n) is 7.90. The van der Waals surface area contributed by atoms with Crippen LogP contribution in [0.15, 0.2) is 36.5 Å². The van der Waals surface area contributed by atoms with Crippen LogP contribution in [0.25, 0.3) is 10.9 Å². The van der Waals surface area contributed by atoms with Crippen LogP contribution in [-0.2, 0) is 0 Å². The van der Waals surface area contributed by atoms with E-state index < -0.39 is 0 Å². The van der Waals surface area contributed by atoms with Crippen molar-refractivity contribution in [3.63, 3.8) is 0 Å². The molecule has 0 amide bonds. The van der Waals surface area contributed by atoms with Gasteiger partial charge in [0.1, 0.15) is 5.75 Å². The fourth-order valence-electron chi connectivity index (χ4n) is 3.20. The first kappa shape index (κ1) is 14.7. The average molecular weight is 301 g/mol. The molecule has 1 aromatic carbocycles. The lowest BCUT2D eigenvalue weighted by Crippen LogP contribution is -2.30. The number of pyridine rings is 1. The zero-order valence-electron chi connectivity index (χ0n) is 12.4. The molecule has 3 rings (SSSR count). The van der Waals surface area contributed by atoms with Crippen molar-refractivity contribution in [2.45, 2.75) is 38.5 Å². The molecule has 1 saturated carbocycles. The monoisotopic (exact) mass is 301 g/mol. The van der Waals surface area contributed by atoms with Crippen molar-refractivity contribution in [1.82, 2.24) is 4.98 Å². The van der Waals surface area contributed by atoms with Gasteiger partial charge >= 0.3 is 0 Å². The number of hydrogen-bond acceptors (Lipinski definition) is 3. The number of rotatable bonds is 4. The number of ether oxygens (including phenoxy) is 1. The topological polar surface area (TPSA) is 22.1 Å². The van der Waals surface area contributed by atoms with Crippen molar-refractivity contribution < 1.29 is 4.74 Å². The summed E-state index contributed by atoms with van der Waals surface area (Å²) in [6, 6.07) is 10.2. The van der Waals surface area contributed by atoms with E-state index in [1.807, 2.05) is 24.4 Å². The number of benzene rings is 1. The highest BCUT2D eigenvalue weighted by Gasteiger charge is 2.30. The highest BCUT2D eigenvalue weighted by Crippen LogP contribution is 2.36. The van der Waals surface area contributed by atoms with Crippen LogP contribution in [0.3, 0.4) is 0 Å². The molecule has 0 spiro atoms. The zero-order chi connectivity index (χ0) is 14.5. The zero-order valence-corrected chi connectivity index (χ0v) is 13.3. The lowest BCUT2D eigenvalue weighted by Gasteiger charge is -2.31. The van der Waals surface area contributed by atoms with Gasteiger partial charge in [0.25, 0.3) is 0 Å². The molecule has 0 bridgehead atoms. The number of hydrogen-bond donors (Lipinski definition) is 1. The summed E-state index contributed by atoms with van der Waals surface area (Å²) in [5.41, 5.74) is 1.24. The van der Waals surface area contributed by atoms with Gasteiger partial charge in [-0.15, -0.1) is 0 Å². The predicted octanol–water partition coefficient (Wildman–Crippen LogP) is 4.88. The molecule has 1 heterocycles. The molecule has 0 atom stereocenters. The Morgan fingerprint density at radius 3 is 2.67 bits per heavy atom. The predicted molar refractivity (Wildman–Crippen MR) is 91.2 cm³/mol. The third-order valence-corrected chi connectivity index (χ3v) is 5.29. The summed E-state index contributed by atoms with van der Waals surface area (Å²) in [5.74, 6) is 1.84. The SMILES string of the molecule is SCC1(COc2ccc3cccnc3c2)CCCCCC1. The Bertz CT molecular complexity index is 591. The van der Waals surface area contributed by atoms with E-state index in [4.69, 9.17) is 4.74 Å². The minimum Gasteiger partial charge on any atom is -0.493 e. The molecule has 1 aliphatic carbocycles. The van der Waals surface area contributed by atoms with Gasteiger partial charge in [0.05, 0.1) is 12.1 Å². The van der Waals surface area contributed by atoms with Crippen molar-refractivity contribution in [1.29, 1.82) is 0 Å². The van der Waals surface area contributed by atoms with Crippen LogP contribution in [0, 0.1) is 5.41 Å². The molecule has 3 heteroatoms. The van der Waals surface area contributed by atoms with Gasteiger partial charge in [-0.1, -0.05) is 31.7 Å². The fourth-order valence-corrected chi connectivity index (χ4v) is 3.61. The van der Waals surface area contributed by atoms with E-state index in [0.717, 1.165) is 29.0 Å². The first-order valence-corrected chi connectivity index (χ1v) is 8.53. The van der Waals surface area contributed by atoms with E-state index in [9.17, 15) is 0 Å². The van der Waals surface area contributed by atoms with Crippen LogP contribution in [0.5, 0.6) is 5.75 Å². The summed E-state index contributed by atoms with van der Waals surface area (Å²) in [5, 5.41) is 1.16. The molecule has 0 radical (unpaired) electrons. The average Bonchev–Trinajstić information content (AvgIpc) is 2.79. The van der Waals surface area contributed by atoms with E-state index >= 15 is 0 Å². The Kier molecular flexibility index (Phi) is 4.69. The summed E-state index contributed by atoms with van der Waals surface area (Å²) in [4.78, 5) is 4.39. The summed E-state index contributed by atoms with van der Waals surface area (Å²) in [7, 11) is 0. The van der Waals surface area contributed by atoms with Crippen molar-refractivity contribution >= 4 is 23.5 Å². The standard InChI is InChI=1S/C18H23NOS/c21-14-18(9-3-1-2-4-10-18)13-20-16-8-7-15-6-5-11-19-17(15)12-16/h5-8,11-12,21H,1-4,9-10,13-14H2. The van der Waals surface area contributed by atoms with Gasteiger partial charge in [-0.2, -0.15) is 12.6 Å². The second-order valence-corrected chi connectivity index (χ2v) is 6.54. The Hall–Kier alpha value is -1.22. The Labute approximate surface area is 132 Å².